The molecule has 2 aromatic carbocycles. The third-order valence-electron chi connectivity index (χ3n) is 8.55. The minimum absolute atomic E-state index is 0.00655. The lowest BCUT2D eigenvalue weighted by molar-refractivity contribution is 0.0332. The Hall–Kier alpha value is -3.27. The number of thiazole rings is 1. The number of aliphatic hydroxyl groups is 1. The number of benzene rings is 2. The summed E-state index contributed by atoms with van der Waals surface area (Å²) in [5, 5.41) is 15.8. The number of anilines is 1. The molecule has 1 fully saturated rings. The number of nitrogens with zero attached hydrogens (tertiary/aromatic N) is 3. The van der Waals surface area contributed by atoms with Crippen molar-refractivity contribution in [2.45, 2.75) is 58.1 Å². The topological polar surface area (TPSA) is 95.0 Å². The zero-order valence-corrected chi connectivity index (χ0v) is 25.6. The van der Waals surface area contributed by atoms with Crippen molar-refractivity contribution >= 4 is 28.8 Å². The molecule has 0 spiro atoms. The van der Waals surface area contributed by atoms with Crippen LogP contribution < -0.4 is 10.1 Å². The minimum Gasteiger partial charge on any atom is -0.486 e. The molecule has 1 aliphatic carbocycles. The van der Waals surface area contributed by atoms with Crippen molar-refractivity contribution in [3.63, 3.8) is 0 Å². The van der Waals surface area contributed by atoms with Crippen molar-refractivity contribution in [1.29, 1.82) is 0 Å². The van der Waals surface area contributed by atoms with E-state index < -0.39 is 0 Å². The van der Waals surface area contributed by atoms with Gasteiger partial charge >= 0.3 is 0 Å². The number of hydrogen-bond acceptors (Lipinski definition) is 7. The number of nitrogens with one attached hydrogen (secondary N) is 1. The third-order valence-corrected chi connectivity index (χ3v) is 9.37. The summed E-state index contributed by atoms with van der Waals surface area (Å²) in [5.74, 6) is 0.590. The van der Waals surface area contributed by atoms with E-state index in [1.807, 2.05) is 24.4 Å². The maximum atomic E-state index is 13.8. The van der Waals surface area contributed by atoms with E-state index in [9.17, 15) is 14.7 Å². The van der Waals surface area contributed by atoms with Crippen LogP contribution in [-0.4, -0.2) is 77.1 Å². The van der Waals surface area contributed by atoms with E-state index in [4.69, 9.17) is 4.74 Å². The van der Waals surface area contributed by atoms with Crippen molar-refractivity contribution in [2.75, 3.05) is 38.6 Å². The van der Waals surface area contributed by atoms with Crippen LogP contribution in [0.1, 0.15) is 66.7 Å². The van der Waals surface area contributed by atoms with Crippen molar-refractivity contribution in [2.24, 2.45) is 11.8 Å². The molecule has 9 heteroatoms. The Kier molecular flexibility index (Phi) is 9.92. The molecule has 0 bridgehead atoms. The van der Waals surface area contributed by atoms with Crippen LogP contribution in [-0.2, 0) is 0 Å². The average Bonchev–Trinajstić information content (AvgIpc) is 3.55. The fourth-order valence-corrected chi connectivity index (χ4v) is 6.72. The number of ether oxygens (including phenoxy) is 1. The summed E-state index contributed by atoms with van der Waals surface area (Å²) in [6.45, 7) is 6.02. The highest BCUT2D eigenvalue weighted by Crippen LogP contribution is 2.35. The molecule has 5 rings (SSSR count). The SMILES string of the molecule is C[C@@H]1CN([C@@H](C)CO)C(=O)c2cccc(NC(=O)c3ccc(-c4nccs4)cc3)c2O[C@@H]1CN(C)CC1CCCCC1. The summed E-state index contributed by atoms with van der Waals surface area (Å²) in [5.41, 5.74) is 2.30. The van der Waals surface area contributed by atoms with Gasteiger partial charge in [0.15, 0.2) is 5.75 Å². The first-order valence-electron chi connectivity index (χ1n) is 15.0. The lowest BCUT2D eigenvalue weighted by Crippen LogP contribution is -2.50. The zero-order valence-electron chi connectivity index (χ0n) is 24.8. The summed E-state index contributed by atoms with van der Waals surface area (Å²) in [4.78, 5) is 35.6. The van der Waals surface area contributed by atoms with E-state index >= 15 is 0 Å². The number of hydrogen-bond donors (Lipinski definition) is 2. The van der Waals surface area contributed by atoms with Gasteiger partial charge in [0.1, 0.15) is 11.1 Å². The fourth-order valence-electron chi connectivity index (χ4n) is 6.08. The van der Waals surface area contributed by atoms with Gasteiger partial charge in [-0.2, -0.15) is 0 Å². The predicted molar refractivity (Wildman–Crippen MR) is 167 cm³/mol. The largest absolute Gasteiger partial charge is 0.486 e. The molecule has 2 aliphatic rings. The second-order valence-corrected chi connectivity index (χ2v) is 12.8. The molecule has 3 aromatic rings. The molecule has 1 saturated carbocycles. The van der Waals surface area contributed by atoms with E-state index in [0.717, 1.165) is 17.1 Å². The number of likely N-dealkylation sites (N-methyl/N-ethyl adjacent to an activating group) is 1. The van der Waals surface area contributed by atoms with Gasteiger partial charge in [0.2, 0.25) is 0 Å². The predicted octanol–water partition coefficient (Wildman–Crippen LogP) is 5.79. The Morgan fingerprint density at radius 1 is 1.17 bits per heavy atom. The van der Waals surface area contributed by atoms with Gasteiger partial charge in [-0.25, -0.2) is 4.98 Å². The second-order valence-electron chi connectivity index (χ2n) is 11.9. The maximum Gasteiger partial charge on any atom is 0.258 e. The summed E-state index contributed by atoms with van der Waals surface area (Å²) in [6.07, 6.45) is 8.02. The summed E-state index contributed by atoms with van der Waals surface area (Å²) >= 11 is 1.55. The van der Waals surface area contributed by atoms with Crippen molar-refractivity contribution < 1.29 is 19.4 Å². The molecule has 1 aliphatic heterocycles. The number of fused-ring (bicyclic) bond motifs is 1. The Morgan fingerprint density at radius 2 is 1.93 bits per heavy atom. The molecule has 3 atom stereocenters. The van der Waals surface area contributed by atoms with Crippen molar-refractivity contribution in [3.8, 4) is 16.3 Å². The van der Waals surface area contributed by atoms with Gasteiger partial charge in [-0.1, -0.05) is 44.4 Å². The molecule has 0 unspecified atom stereocenters. The highest BCUT2D eigenvalue weighted by molar-refractivity contribution is 7.13. The van der Waals surface area contributed by atoms with Gasteiger partial charge in [0.25, 0.3) is 11.8 Å². The Balaban J connectivity index is 1.41. The fraction of sp³-hybridized carbons (Fsp3) is 0.485. The monoisotopic (exact) mass is 590 g/mol. The molecule has 2 N–H and O–H groups in total. The lowest BCUT2D eigenvalue weighted by atomic mass is 9.89. The molecular weight excluding hydrogens is 548 g/mol. The number of rotatable bonds is 9. The van der Waals surface area contributed by atoms with Gasteiger partial charge in [0, 0.05) is 48.3 Å². The first-order chi connectivity index (χ1) is 20.3. The number of aromatic nitrogens is 1. The van der Waals surface area contributed by atoms with E-state index in [1.165, 1.54) is 32.1 Å². The van der Waals surface area contributed by atoms with Crippen LogP contribution >= 0.6 is 11.3 Å². The van der Waals surface area contributed by atoms with E-state index in [0.29, 0.717) is 41.6 Å². The smallest absolute Gasteiger partial charge is 0.258 e. The average molecular weight is 591 g/mol. The number of para-hydroxylation sites is 1. The maximum absolute atomic E-state index is 13.8. The number of carbonyl (C=O) groups excluding carboxylic acids is 2. The summed E-state index contributed by atoms with van der Waals surface area (Å²) in [6, 6.07) is 12.3. The van der Waals surface area contributed by atoms with Gasteiger partial charge in [0.05, 0.1) is 23.9 Å². The molecule has 8 nitrogen and oxygen atoms in total. The molecule has 1 aromatic heterocycles. The Labute approximate surface area is 252 Å². The number of amides is 2. The first-order valence-corrected chi connectivity index (χ1v) is 15.9. The standard InChI is InChI=1S/C33H42N4O4S/c1-22-18-37(23(2)21-38)33(40)27-10-7-11-28(30(27)41-29(22)20-36(3)19-24-8-5-4-6-9-24)35-31(39)25-12-14-26(15-13-25)32-34-16-17-42-32/h7,10-17,22-24,29,38H,4-6,8-9,18-21H2,1-3H3,(H,35,39)/t22-,23+,29-/m1/s1. The van der Waals surface area contributed by atoms with E-state index in [1.54, 1.807) is 52.8 Å². The van der Waals surface area contributed by atoms with Crippen molar-refractivity contribution in [1.82, 2.24) is 14.8 Å². The molecule has 224 valence electrons. The van der Waals surface area contributed by atoms with Gasteiger partial charge in [-0.3, -0.25) is 9.59 Å². The molecule has 2 heterocycles. The zero-order chi connectivity index (χ0) is 29.6. The second kappa shape index (κ2) is 13.8. The number of carbonyl (C=O) groups is 2. The van der Waals surface area contributed by atoms with Crippen LogP contribution in [0.5, 0.6) is 5.75 Å². The van der Waals surface area contributed by atoms with Gasteiger partial charge in [-0.15, -0.1) is 11.3 Å². The highest BCUT2D eigenvalue weighted by atomic mass is 32.1. The quantitative estimate of drug-likeness (QED) is 0.327. The van der Waals surface area contributed by atoms with Crippen LogP contribution in [0.4, 0.5) is 5.69 Å². The Morgan fingerprint density at radius 3 is 2.62 bits per heavy atom. The molecule has 42 heavy (non-hydrogen) atoms. The van der Waals surface area contributed by atoms with Crippen LogP contribution in [0.2, 0.25) is 0 Å². The molecule has 0 radical (unpaired) electrons. The Bertz CT molecular complexity index is 1340. The highest BCUT2D eigenvalue weighted by Gasteiger charge is 2.35. The third kappa shape index (κ3) is 7.02. The molecule has 0 saturated heterocycles. The molecule has 2 amide bonds. The summed E-state index contributed by atoms with van der Waals surface area (Å²) < 4.78 is 6.70. The first kappa shape index (κ1) is 30.2. The van der Waals surface area contributed by atoms with E-state index in [-0.39, 0.29) is 36.5 Å². The van der Waals surface area contributed by atoms with E-state index in [2.05, 4.69) is 29.2 Å². The van der Waals surface area contributed by atoms with Crippen LogP contribution in [0, 0.1) is 11.8 Å². The normalized spacial score (nSPS) is 20.4. The van der Waals surface area contributed by atoms with Crippen LogP contribution in [0.25, 0.3) is 10.6 Å². The lowest BCUT2D eigenvalue weighted by Gasteiger charge is -2.39. The van der Waals surface area contributed by atoms with Gasteiger partial charge < -0.3 is 25.0 Å². The van der Waals surface area contributed by atoms with Gasteiger partial charge in [-0.05, 0) is 57.0 Å². The summed E-state index contributed by atoms with van der Waals surface area (Å²) in [7, 11) is 2.15. The minimum atomic E-state index is -0.346. The van der Waals surface area contributed by atoms with Crippen molar-refractivity contribution in [3.05, 3.63) is 65.2 Å². The molecular formula is C33H42N4O4S. The number of aliphatic hydroxyl groups excluding tert-OH is 1. The van der Waals surface area contributed by atoms with Crippen LogP contribution in [0.3, 0.4) is 0 Å². The van der Waals surface area contributed by atoms with Crippen LogP contribution in [0.15, 0.2) is 54.0 Å².